The number of benzene rings is 2. The molecule has 1 unspecified atom stereocenters. The van der Waals surface area contributed by atoms with Gasteiger partial charge in [-0.15, -0.1) is 0 Å². The quantitative estimate of drug-likeness (QED) is 0.470. The maximum atomic E-state index is 13.5. The van der Waals surface area contributed by atoms with Crippen molar-refractivity contribution in [2.24, 2.45) is 13.0 Å². The van der Waals surface area contributed by atoms with Crippen LogP contribution < -0.4 is 16.1 Å². The highest BCUT2D eigenvalue weighted by Gasteiger charge is 2.29. The lowest BCUT2D eigenvalue weighted by molar-refractivity contribution is 0.457. The number of halogens is 1. The highest BCUT2D eigenvalue weighted by atomic mass is 19.1. The third-order valence-corrected chi connectivity index (χ3v) is 6.27. The van der Waals surface area contributed by atoms with Crippen molar-refractivity contribution in [1.29, 1.82) is 0 Å². The van der Waals surface area contributed by atoms with Crippen molar-refractivity contribution in [2.75, 3.05) is 11.4 Å². The van der Waals surface area contributed by atoms with Gasteiger partial charge in [0.05, 0.1) is 0 Å². The molecule has 0 spiro atoms. The molecule has 4 aromatic rings. The molecule has 0 aliphatic carbocycles. The zero-order chi connectivity index (χ0) is 23.1. The van der Waals surface area contributed by atoms with Gasteiger partial charge < -0.3 is 9.47 Å². The lowest BCUT2D eigenvalue weighted by Crippen LogP contribution is -2.40. The minimum atomic E-state index is -0.364. The summed E-state index contributed by atoms with van der Waals surface area (Å²) in [6.45, 7) is 3.76. The molecule has 5 rings (SSSR count). The summed E-state index contributed by atoms with van der Waals surface area (Å²) in [5.74, 6) is 0.532. The lowest BCUT2D eigenvalue weighted by Gasteiger charge is -2.32. The Hall–Kier alpha value is -3.68. The number of aryl methyl sites for hydroxylation is 2. The summed E-state index contributed by atoms with van der Waals surface area (Å²) < 4.78 is 18.2. The van der Waals surface area contributed by atoms with Crippen molar-refractivity contribution in [1.82, 2.24) is 18.7 Å². The SMILES string of the molecule is CC1CN(c2ccc(F)cc2)c2nc3c(c(=O)n(CCCc4ccccc4)c(=O)n3C)n2C1. The van der Waals surface area contributed by atoms with Crippen LogP contribution in [0.5, 0.6) is 0 Å². The van der Waals surface area contributed by atoms with Crippen LogP contribution in [0.15, 0.2) is 64.2 Å². The molecule has 7 nitrogen and oxygen atoms in total. The van der Waals surface area contributed by atoms with Crippen molar-refractivity contribution in [3.8, 4) is 0 Å². The third-order valence-electron chi connectivity index (χ3n) is 6.27. The molecule has 0 fully saturated rings. The largest absolute Gasteiger partial charge is 0.332 e. The van der Waals surface area contributed by atoms with E-state index in [1.165, 1.54) is 26.8 Å². The molecular formula is C25H26FN5O2. The average Bonchev–Trinajstić information content (AvgIpc) is 3.20. The zero-order valence-electron chi connectivity index (χ0n) is 18.7. The summed E-state index contributed by atoms with van der Waals surface area (Å²) in [6.07, 6.45) is 1.47. The predicted octanol–water partition coefficient (Wildman–Crippen LogP) is 3.46. The van der Waals surface area contributed by atoms with Crippen LogP contribution in [-0.4, -0.2) is 25.2 Å². The maximum absolute atomic E-state index is 13.5. The van der Waals surface area contributed by atoms with E-state index < -0.39 is 0 Å². The smallest absolute Gasteiger partial charge is 0.312 e. The first kappa shape index (κ1) is 21.2. The standard InChI is InChI=1S/C25H26FN5O2/c1-17-15-30(20-12-10-19(26)11-13-20)24-27-22-21(31(24)16-17)23(32)29(25(33)28(22)2)14-6-9-18-7-4-3-5-8-18/h3-5,7-8,10-13,17H,6,9,14-16H2,1-2H3. The number of anilines is 2. The molecule has 170 valence electrons. The summed E-state index contributed by atoms with van der Waals surface area (Å²) in [5, 5.41) is 0. The lowest BCUT2D eigenvalue weighted by atomic mass is 10.1. The van der Waals surface area contributed by atoms with Gasteiger partial charge in [0.2, 0.25) is 5.95 Å². The van der Waals surface area contributed by atoms with Crippen LogP contribution in [0.3, 0.4) is 0 Å². The van der Waals surface area contributed by atoms with Gasteiger partial charge in [-0.3, -0.25) is 13.9 Å². The second kappa shape index (κ2) is 8.35. The first-order valence-corrected chi connectivity index (χ1v) is 11.2. The molecule has 0 N–H and O–H groups in total. The summed E-state index contributed by atoms with van der Waals surface area (Å²) in [5.41, 5.74) is 2.11. The second-order valence-corrected chi connectivity index (χ2v) is 8.77. The van der Waals surface area contributed by atoms with Crippen LogP contribution in [0.4, 0.5) is 16.0 Å². The van der Waals surface area contributed by atoms with E-state index >= 15 is 0 Å². The molecule has 33 heavy (non-hydrogen) atoms. The summed E-state index contributed by atoms with van der Waals surface area (Å²) in [7, 11) is 1.66. The van der Waals surface area contributed by atoms with Crippen molar-refractivity contribution in [3.05, 3.63) is 86.8 Å². The number of hydrogen-bond acceptors (Lipinski definition) is 4. The van der Waals surface area contributed by atoms with E-state index in [1.807, 2.05) is 39.8 Å². The number of fused-ring (bicyclic) bond motifs is 3. The van der Waals surface area contributed by atoms with E-state index in [9.17, 15) is 14.0 Å². The van der Waals surface area contributed by atoms with Crippen molar-refractivity contribution in [3.63, 3.8) is 0 Å². The Morgan fingerprint density at radius 1 is 1.03 bits per heavy atom. The molecule has 0 bridgehead atoms. The van der Waals surface area contributed by atoms with Crippen LogP contribution in [0.2, 0.25) is 0 Å². The molecule has 8 heteroatoms. The van der Waals surface area contributed by atoms with E-state index in [-0.39, 0.29) is 23.0 Å². The van der Waals surface area contributed by atoms with Gasteiger partial charge in [0.15, 0.2) is 11.2 Å². The van der Waals surface area contributed by atoms with E-state index in [0.717, 1.165) is 12.1 Å². The number of hydrogen-bond donors (Lipinski definition) is 0. The van der Waals surface area contributed by atoms with Gasteiger partial charge in [-0.2, -0.15) is 4.98 Å². The molecule has 0 saturated heterocycles. The minimum absolute atomic E-state index is 0.239. The fraction of sp³-hybridized carbons (Fsp3) is 0.320. The van der Waals surface area contributed by atoms with Gasteiger partial charge in [0.1, 0.15) is 5.82 Å². The number of rotatable bonds is 5. The van der Waals surface area contributed by atoms with Crippen LogP contribution in [0.1, 0.15) is 18.9 Å². The highest BCUT2D eigenvalue weighted by molar-refractivity contribution is 5.77. The number of nitrogens with zero attached hydrogens (tertiary/aromatic N) is 5. The molecule has 2 aromatic carbocycles. The Kier molecular flexibility index (Phi) is 5.36. The Morgan fingerprint density at radius 2 is 1.76 bits per heavy atom. The summed E-state index contributed by atoms with van der Waals surface area (Å²) in [6, 6.07) is 16.3. The van der Waals surface area contributed by atoms with Gasteiger partial charge >= 0.3 is 5.69 Å². The molecule has 1 aliphatic heterocycles. The average molecular weight is 448 g/mol. The van der Waals surface area contributed by atoms with Crippen molar-refractivity contribution < 1.29 is 4.39 Å². The molecule has 1 atom stereocenters. The van der Waals surface area contributed by atoms with Crippen LogP contribution >= 0.6 is 0 Å². The van der Waals surface area contributed by atoms with Gasteiger partial charge in [-0.05, 0) is 48.6 Å². The van der Waals surface area contributed by atoms with Crippen LogP contribution in [0, 0.1) is 11.7 Å². The fourth-order valence-electron chi connectivity index (χ4n) is 4.63. The fourth-order valence-corrected chi connectivity index (χ4v) is 4.63. The van der Waals surface area contributed by atoms with Crippen molar-refractivity contribution in [2.45, 2.75) is 32.9 Å². The van der Waals surface area contributed by atoms with E-state index in [4.69, 9.17) is 4.98 Å². The molecule has 2 aromatic heterocycles. The molecule has 1 aliphatic rings. The maximum Gasteiger partial charge on any atom is 0.332 e. The first-order valence-electron chi connectivity index (χ1n) is 11.2. The number of aromatic nitrogens is 4. The van der Waals surface area contributed by atoms with E-state index in [2.05, 4.69) is 6.92 Å². The Bertz CT molecular complexity index is 1420. The van der Waals surface area contributed by atoms with Crippen molar-refractivity contribution >= 4 is 22.8 Å². The monoisotopic (exact) mass is 447 g/mol. The Morgan fingerprint density at radius 3 is 2.48 bits per heavy atom. The normalized spacial score (nSPS) is 15.7. The predicted molar refractivity (Wildman–Crippen MR) is 127 cm³/mol. The van der Waals surface area contributed by atoms with Gasteiger partial charge in [0, 0.05) is 32.4 Å². The molecule has 3 heterocycles. The summed E-state index contributed by atoms with van der Waals surface area (Å²) >= 11 is 0. The first-order chi connectivity index (χ1) is 15.9. The molecular weight excluding hydrogens is 421 g/mol. The minimum Gasteiger partial charge on any atom is -0.312 e. The molecule has 0 amide bonds. The van der Waals surface area contributed by atoms with Gasteiger partial charge in [0.25, 0.3) is 5.56 Å². The second-order valence-electron chi connectivity index (χ2n) is 8.77. The van der Waals surface area contributed by atoms with E-state index in [0.29, 0.717) is 43.2 Å². The zero-order valence-corrected chi connectivity index (χ0v) is 18.7. The Labute approximate surface area is 190 Å². The van der Waals surface area contributed by atoms with Gasteiger partial charge in [-0.1, -0.05) is 37.3 Å². The highest BCUT2D eigenvalue weighted by Crippen LogP contribution is 2.32. The number of imidazole rings is 1. The van der Waals surface area contributed by atoms with Crippen LogP contribution in [0.25, 0.3) is 11.2 Å². The van der Waals surface area contributed by atoms with Gasteiger partial charge in [-0.25, -0.2) is 9.18 Å². The Balaban J connectivity index is 1.57. The molecule has 0 radical (unpaired) electrons. The van der Waals surface area contributed by atoms with E-state index in [1.54, 1.807) is 19.2 Å². The third kappa shape index (κ3) is 3.75. The topological polar surface area (TPSA) is 65.1 Å². The summed E-state index contributed by atoms with van der Waals surface area (Å²) in [4.78, 5) is 33.2. The van der Waals surface area contributed by atoms with Crippen LogP contribution in [-0.2, 0) is 26.6 Å². The molecule has 0 saturated carbocycles.